The molecule has 2 fully saturated rings. The summed E-state index contributed by atoms with van der Waals surface area (Å²) in [4.78, 5) is 46.9. The van der Waals surface area contributed by atoms with Crippen LogP contribution in [0.2, 0.25) is 18.1 Å². The standard InChI is InChI=1S/C28H43N10O8PSi/c1-8-16-17(11-21(43-16)38-15-33-25(29)36-27(38)40)45-47(41-10-9-31-5)42-13-19-18(46-48(6,7)28(2,3)4)12-20(44-19)37-14-32-22-23(37)34-26(30)35-24(22)39/h14-21H,8-13H2,1-4,6-7H3,(H2,29,36,40)(H3,30,34,35,39)/t16-,17-,18-,19-,20-,21-,47?/m1/s1. The third-order valence-electron chi connectivity index (χ3n) is 8.80. The van der Waals surface area contributed by atoms with Gasteiger partial charge in [0.25, 0.3) is 5.56 Å². The van der Waals surface area contributed by atoms with Crippen LogP contribution in [-0.4, -0.2) is 86.5 Å². The number of fused-ring (bicyclic) bond motifs is 1. The van der Waals surface area contributed by atoms with Crippen LogP contribution in [0.3, 0.4) is 0 Å². The van der Waals surface area contributed by atoms with Crippen LogP contribution in [0, 0.1) is 6.57 Å². The number of aromatic amines is 1. The van der Waals surface area contributed by atoms with Gasteiger partial charge in [-0.1, -0.05) is 27.7 Å². The molecule has 3 aromatic rings. The molecule has 5 heterocycles. The molecule has 0 radical (unpaired) electrons. The monoisotopic (exact) mass is 706 g/mol. The van der Waals surface area contributed by atoms with Crippen LogP contribution in [0.15, 0.2) is 22.2 Å². The molecule has 0 saturated carbocycles. The summed E-state index contributed by atoms with van der Waals surface area (Å²) in [5.41, 5.74) is 10.8. The van der Waals surface area contributed by atoms with E-state index in [9.17, 15) is 9.59 Å². The molecule has 2 saturated heterocycles. The van der Waals surface area contributed by atoms with E-state index in [1.807, 2.05) is 6.92 Å². The van der Waals surface area contributed by atoms with Crippen molar-refractivity contribution in [3.05, 3.63) is 44.9 Å². The molecule has 0 aromatic carbocycles. The molecule has 48 heavy (non-hydrogen) atoms. The smallest absolute Gasteiger partial charge is 0.354 e. The number of aromatic nitrogens is 7. The number of anilines is 2. The van der Waals surface area contributed by atoms with Gasteiger partial charge in [0.1, 0.15) is 31.5 Å². The van der Waals surface area contributed by atoms with Crippen molar-refractivity contribution >= 4 is 40.0 Å². The normalized spacial score (nSPS) is 25.4. The van der Waals surface area contributed by atoms with Crippen LogP contribution >= 0.6 is 8.60 Å². The van der Waals surface area contributed by atoms with Crippen LogP contribution in [0.4, 0.5) is 11.9 Å². The zero-order valence-corrected chi connectivity index (χ0v) is 29.8. The van der Waals surface area contributed by atoms with Crippen LogP contribution < -0.4 is 22.7 Å². The number of ether oxygens (including phenoxy) is 2. The van der Waals surface area contributed by atoms with Gasteiger partial charge in [-0.3, -0.25) is 18.9 Å². The maximum Gasteiger partial charge on any atom is 0.354 e. The summed E-state index contributed by atoms with van der Waals surface area (Å²) >= 11 is 0. The molecule has 0 spiro atoms. The highest BCUT2D eigenvalue weighted by Crippen LogP contribution is 2.47. The van der Waals surface area contributed by atoms with Crippen LogP contribution in [-0.2, 0) is 27.5 Å². The lowest BCUT2D eigenvalue weighted by Crippen LogP contribution is -2.46. The predicted molar refractivity (Wildman–Crippen MR) is 178 cm³/mol. The zero-order chi connectivity index (χ0) is 34.8. The Balaban J connectivity index is 1.35. The van der Waals surface area contributed by atoms with Crippen LogP contribution in [0.5, 0.6) is 0 Å². The number of nitrogen functional groups attached to an aromatic ring is 2. The first-order chi connectivity index (χ1) is 22.7. The molecule has 1 unspecified atom stereocenters. The van der Waals surface area contributed by atoms with Gasteiger partial charge >= 0.3 is 14.3 Å². The Kier molecular flexibility index (Phi) is 11.0. The first kappa shape index (κ1) is 36.0. The number of rotatable bonds is 13. The van der Waals surface area contributed by atoms with Gasteiger partial charge in [0.15, 0.2) is 19.5 Å². The molecule has 262 valence electrons. The van der Waals surface area contributed by atoms with Crippen molar-refractivity contribution in [2.24, 2.45) is 0 Å². The van der Waals surface area contributed by atoms with Gasteiger partial charge < -0.3 is 43.8 Å². The Hall–Kier alpha value is -3.34. The third kappa shape index (κ3) is 7.92. The number of hydrogen-bond acceptors (Lipinski definition) is 14. The molecule has 2 aliphatic heterocycles. The molecule has 18 nitrogen and oxygen atoms in total. The Morgan fingerprint density at radius 3 is 2.44 bits per heavy atom. The summed E-state index contributed by atoms with van der Waals surface area (Å²) in [6.07, 6.45) is 1.09. The van der Waals surface area contributed by atoms with Crippen molar-refractivity contribution < 1.29 is 27.5 Å². The van der Waals surface area contributed by atoms with E-state index in [4.69, 9.17) is 45.5 Å². The topological polar surface area (TPSA) is 223 Å². The molecule has 3 aromatic heterocycles. The molecule has 0 bridgehead atoms. The van der Waals surface area contributed by atoms with Gasteiger partial charge in [0.05, 0.1) is 31.2 Å². The molecule has 2 aliphatic rings. The summed E-state index contributed by atoms with van der Waals surface area (Å²) in [5, 5.41) is -0.0776. The predicted octanol–water partition coefficient (Wildman–Crippen LogP) is 2.88. The Morgan fingerprint density at radius 2 is 1.75 bits per heavy atom. The van der Waals surface area contributed by atoms with Crippen LogP contribution in [0.25, 0.3) is 16.0 Å². The SMILES string of the molecule is [C-]#[N+]CCOP(OC[C@H]1O[C@@H](n2cnc3c(=O)[nH]c(N)nc32)C[C@H]1O[Si](C)(C)C(C)(C)C)O[C@@H]1C[C@H](n2cnc(N)nc2=O)O[C@@H]1CC. The molecule has 5 N–H and O–H groups in total. The molecule has 7 atom stereocenters. The lowest BCUT2D eigenvalue weighted by molar-refractivity contribution is -0.0443. The average molecular weight is 707 g/mol. The second-order valence-corrected chi connectivity index (χ2v) is 19.0. The van der Waals surface area contributed by atoms with E-state index in [0.29, 0.717) is 24.9 Å². The highest BCUT2D eigenvalue weighted by molar-refractivity contribution is 7.41. The van der Waals surface area contributed by atoms with E-state index in [1.165, 1.54) is 17.2 Å². The van der Waals surface area contributed by atoms with Gasteiger partial charge in [-0.15, -0.1) is 0 Å². The van der Waals surface area contributed by atoms with Crippen LogP contribution in [0.1, 0.15) is 59.4 Å². The van der Waals surface area contributed by atoms with E-state index < -0.39 is 52.8 Å². The first-order valence-corrected chi connectivity index (χ1v) is 19.7. The van der Waals surface area contributed by atoms with Gasteiger partial charge in [-0.25, -0.2) is 21.3 Å². The molecular weight excluding hydrogens is 663 g/mol. The van der Waals surface area contributed by atoms with Gasteiger partial charge in [0, 0.05) is 12.8 Å². The Morgan fingerprint density at radius 1 is 1.06 bits per heavy atom. The fourth-order valence-electron chi connectivity index (χ4n) is 5.26. The fourth-order valence-corrected chi connectivity index (χ4v) is 7.75. The fraction of sp³-hybridized carbons (Fsp3) is 0.679. The number of imidazole rings is 1. The van der Waals surface area contributed by atoms with Crippen molar-refractivity contribution in [3.63, 3.8) is 0 Å². The lowest BCUT2D eigenvalue weighted by Gasteiger charge is -2.39. The number of nitrogens with zero attached hydrogens (tertiary/aromatic N) is 7. The number of H-pyrrole nitrogens is 1. The number of nitrogens with one attached hydrogen (secondary N) is 1. The van der Waals surface area contributed by atoms with E-state index >= 15 is 0 Å². The van der Waals surface area contributed by atoms with Crippen molar-refractivity contribution in [3.8, 4) is 0 Å². The first-order valence-electron chi connectivity index (χ1n) is 15.7. The van der Waals surface area contributed by atoms with Gasteiger partial charge in [0.2, 0.25) is 18.4 Å². The van der Waals surface area contributed by atoms with E-state index in [2.05, 4.69) is 63.6 Å². The van der Waals surface area contributed by atoms with Gasteiger partial charge in [-0.2, -0.15) is 9.97 Å². The summed E-state index contributed by atoms with van der Waals surface area (Å²) < 4.78 is 41.0. The van der Waals surface area contributed by atoms with E-state index in [1.54, 1.807) is 4.57 Å². The van der Waals surface area contributed by atoms with E-state index in [0.717, 1.165) is 0 Å². The van der Waals surface area contributed by atoms with Crippen molar-refractivity contribution in [2.75, 3.05) is 31.2 Å². The third-order valence-corrected chi connectivity index (χ3v) is 14.5. The van der Waals surface area contributed by atoms with Crippen molar-refractivity contribution in [1.82, 2.24) is 34.1 Å². The largest absolute Gasteiger partial charge is 0.411 e. The minimum Gasteiger partial charge on any atom is -0.411 e. The molecule has 0 amide bonds. The summed E-state index contributed by atoms with van der Waals surface area (Å²) in [7, 11) is -4.26. The van der Waals surface area contributed by atoms with E-state index in [-0.39, 0.29) is 54.4 Å². The minimum atomic E-state index is -2.28. The van der Waals surface area contributed by atoms with Crippen molar-refractivity contribution in [2.45, 2.75) is 102 Å². The van der Waals surface area contributed by atoms with Crippen molar-refractivity contribution in [1.29, 1.82) is 0 Å². The highest BCUT2D eigenvalue weighted by Gasteiger charge is 2.46. The van der Waals surface area contributed by atoms with Gasteiger partial charge in [-0.05, 0) is 24.6 Å². The molecule has 5 rings (SSSR count). The summed E-state index contributed by atoms with van der Waals surface area (Å²) in [5.74, 6) is -0.153. The lowest BCUT2D eigenvalue weighted by atomic mass is 10.1. The second kappa shape index (κ2) is 14.6. The molecule has 0 aliphatic carbocycles. The molecular formula is C28H43N10O8PSi. The quantitative estimate of drug-likeness (QED) is 0.101. The second-order valence-electron chi connectivity index (χ2n) is 13.1. The summed E-state index contributed by atoms with van der Waals surface area (Å²) in [6.45, 7) is 20.2. The maximum absolute atomic E-state index is 12.5. The summed E-state index contributed by atoms with van der Waals surface area (Å²) in [6, 6.07) is 0. The average Bonchev–Trinajstić information content (AvgIpc) is 3.72. The highest BCUT2D eigenvalue weighted by atomic mass is 31.2. The maximum atomic E-state index is 12.5. The number of hydrogen-bond donors (Lipinski definition) is 3. The number of nitrogens with two attached hydrogens (primary N) is 2. The Bertz CT molecular complexity index is 1740. The zero-order valence-electron chi connectivity index (χ0n) is 27.9. The molecule has 20 heteroatoms. The minimum absolute atomic E-state index is 0.0298. The Labute approximate surface area is 279 Å².